The summed E-state index contributed by atoms with van der Waals surface area (Å²) < 4.78 is 0.972. The van der Waals surface area contributed by atoms with Gasteiger partial charge in [0.05, 0.1) is 5.69 Å². The molecule has 3 rings (SSSR count). The number of benzene rings is 2. The van der Waals surface area contributed by atoms with Crippen molar-refractivity contribution in [2.75, 3.05) is 21.9 Å². The lowest BCUT2D eigenvalue weighted by molar-refractivity contribution is 1.16. The number of hydrazine groups is 1. The van der Waals surface area contributed by atoms with Crippen LogP contribution in [-0.4, -0.2) is 9.97 Å². The van der Waals surface area contributed by atoms with Crippen LogP contribution in [0.5, 0.6) is 0 Å². The van der Waals surface area contributed by atoms with Gasteiger partial charge in [-0.2, -0.15) is 0 Å². The van der Waals surface area contributed by atoms with E-state index in [-0.39, 0.29) is 0 Å². The molecule has 0 amide bonds. The lowest BCUT2D eigenvalue weighted by Gasteiger charge is -2.13. The Morgan fingerprint density at radius 2 is 1.57 bits per heavy atom. The minimum atomic E-state index is 0.427. The van der Waals surface area contributed by atoms with Crippen LogP contribution in [0.15, 0.2) is 65.4 Å². The highest BCUT2D eigenvalue weighted by Crippen LogP contribution is 2.26. The summed E-state index contributed by atoms with van der Waals surface area (Å²) in [5, 5.41) is 3.18. The minimum absolute atomic E-state index is 0.427. The molecule has 0 atom stereocenters. The molecular weight excluding hydrogens is 356 g/mol. The first kappa shape index (κ1) is 15.1. The van der Waals surface area contributed by atoms with Crippen LogP contribution in [0.3, 0.4) is 0 Å². The SMILES string of the molecule is Nc1c(NNc2ccccc2)ncnc1Nc1cccc(Br)c1. The molecule has 0 saturated carbocycles. The van der Waals surface area contributed by atoms with Crippen LogP contribution in [0.25, 0.3) is 0 Å². The van der Waals surface area contributed by atoms with Gasteiger partial charge < -0.3 is 11.1 Å². The number of anilines is 5. The maximum Gasteiger partial charge on any atom is 0.173 e. The highest BCUT2D eigenvalue weighted by atomic mass is 79.9. The lowest BCUT2D eigenvalue weighted by atomic mass is 10.3. The molecule has 23 heavy (non-hydrogen) atoms. The highest BCUT2D eigenvalue weighted by molar-refractivity contribution is 9.10. The van der Waals surface area contributed by atoms with Crippen LogP contribution in [-0.2, 0) is 0 Å². The fourth-order valence-electron chi connectivity index (χ4n) is 1.95. The topological polar surface area (TPSA) is 87.9 Å². The zero-order chi connectivity index (χ0) is 16.1. The van der Waals surface area contributed by atoms with Gasteiger partial charge in [-0.15, -0.1) is 0 Å². The van der Waals surface area contributed by atoms with Crippen molar-refractivity contribution in [2.45, 2.75) is 0 Å². The minimum Gasteiger partial charge on any atom is -0.393 e. The van der Waals surface area contributed by atoms with Gasteiger partial charge in [-0.3, -0.25) is 10.9 Å². The Morgan fingerprint density at radius 1 is 0.826 bits per heavy atom. The molecule has 5 N–H and O–H groups in total. The van der Waals surface area contributed by atoms with Gasteiger partial charge in [-0.25, -0.2) is 9.97 Å². The van der Waals surface area contributed by atoms with Crippen molar-refractivity contribution in [3.05, 3.63) is 65.4 Å². The van der Waals surface area contributed by atoms with Crippen LogP contribution in [0.1, 0.15) is 0 Å². The number of halogens is 1. The van der Waals surface area contributed by atoms with Crippen molar-refractivity contribution in [3.8, 4) is 0 Å². The second-order valence-corrected chi connectivity index (χ2v) is 5.65. The first-order valence-corrected chi connectivity index (χ1v) is 7.72. The quantitative estimate of drug-likeness (QED) is 0.507. The molecule has 7 heteroatoms. The lowest BCUT2D eigenvalue weighted by Crippen LogP contribution is -2.13. The van der Waals surface area contributed by atoms with E-state index in [1.54, 1.807) is 0 Å². The van der Waals surface area contributed by atoms with E-state index in [1.807, 2.05) is 54.6 Å². The van der Waals surface area contributed by atoms with Crippen LogP contribution in [0.4, 0.5) is 28.7 Å². The smallest absolute Gasteiger partial charge is 0.173 e. The Kier molecular flexibility index (Phi) is 4.58. The highest BCUT2D eigenvalue weighted by Gasteiger charge is 2.08. The third-order valence-corrected chi connectivity index (χ3v) is 3.56. The van der Waals surface area contributed by atoms with Crippen molar-refractivity contribution in [2.24, 2.45) is 0 Å². The molecule has 2 aromatic carbocycles. The third kappa shape index (κ3) is 3.89. The van der Waals surface area contributed by atoms with E-state index in [4.69, 9.17) is 5.73 Å². The summed E-state index contributed by atoms with van der Waals surface area (Å²) in [6, 6.07) is 17.4. The number of rotatable bonds is 5. The van der Waals surface area contributed by atoms with E-state index in [0.717, 1.165) is 15.8 Å². The van der Waals surface area contributed by atoms with Gasteiger partial charge >= 0.3 is 0 Å². The maximum absolute atomic E-state index is 6.13. The van der Waals surface area contributed by atoms with Gasteiger partial charge in [0.2, 0.25) is 0 Å². The molecule has 0 spiro atoms. The molecule has 0 saturated heterocycles. The molecule has 6 nitrogen and oxygen atoms in total. The number of hydrogen-bond acceptors (Lipinski definition) is 6. The number of nitrogens with one attached hydrogen (secondary N) is 3. The van der Waals surface area contributed by atoms with E-state index in [9.17, 15) is 0 Å². The maximum atomic E-state index is 6.13. The normalized spacial score (nSPS) is 10.1. The van der Waals surface area contributed by atoms with Gasteiger partial charge in [-0.1, -0.05) is 40.2 Å². The molecule has 0 aliphatic heterocycles. The number of para-hydroxylation sites is 1. The molecule has 0 aliphatic carbocycles. The van der Waals surface area contributed by atoms with E-state index < -0.39 is 0 Å². The second kappa shape index (κ2) is 6.97. The summed E-state index contributed by atoms with van der Waals surface area (Å²) in [5.74, 6) is 1.04. The fraction of sp³-hybridized carbons (Fsp3) is 0. The average Bonchev–Trinajstić information content (AvgIpc) is 2.57. The van der Waals surface area contributed by atoms with Crippen LogP contribution < -0.4 is 21.9 Å². The van der Waals surface area contributed by atoms with E-state index in [1.165, 1.54) is 6.33 Å². The molecule has 3 aromatic rings. The zero-order valence-corrected chi connectivity index (χ0v) is 13.7. The molecule has 1 heterocycles. The third-order valence-electron chi connectivity index (χ3n) is 3.07. The van der Waals surface area contributed by atoms with Crippen molar-refractivity contribution in [3.63, 3.8) is 0 Å². The number of nitrogens with two attached hydrogens (primary N) is 1. The summed E-state index contributed by atoms with van der Waals surface area (Å²) in [7, 11) is 0. The molecule has 0 fully saturated rings. The predicted molar refractivity (Wildman–Crippen MR) is 97.6 cm³/mol. The Morgan fingerprint density at radius 3 is 2.35 bits per heavy atom. The number of aromatic nitrogens is 2. The van der Waals surface area contributed by atoms with E-state index in [2.05, 4.69) is 42.1 Å². The second-order valence-electron chi connectivity index (χ2n) is 4.74. The number of hydrogen-bond donors (Lipinski definition) is 4. The van der Waals surface area contributed by atoms with Crippen molar-refractivity contribution < 1.29 is 0 Å². The van der Waals surface area contributed by atoms with Gasteiger partial charge in [0, 0.05) is 10.2 Å². The molecule has 0 radical (unpaired) electrons. The Hall–Kier alpha value is -2.80. The summed E-state index contributed by atoms with van der Waals surface area (Å²) in [6.07, 6.45) is 1.45. The zero-order valence-electron chi connectivity index (χ0n) is 12.1. The summed E-state index contributed by atoms with van der Waals surface area (Å²) >= 11 is 3.43. The predicted octanol–water partition coefficient (Wildman–Crippen LogP) is 4.00. The first-order chi connectivity index (χ1) is 11.2. The van der Waals surface area contributed by atoms with Gasteiger partial charge in [-0.05, 0) is 30.3 Å². The molecular formula is C16H15BrN6. The van der Waals surface area contributed by atoms with Crippen LogP contribution >= 0.6 is 15.9 Å². The van der Waals surface area contributed by atoms with E-state index in [0.29, 0.717) is 17.3 Å². The Balaban J connectivity index is 1.75. The van der Waals surface area contributed by atoms with Gasteiger partial charge in [0.15, 0.2) is 11.6 Å². The summed E-state index contributed by atoms with van der Waals surface area (Å²) in [4.78, 5) is 8.34. The molecule has 0 unspecified atom stereocenters. The largest absolute Gasteiger partial charge is 0.393 e. The molecule has 0 bridgehead atoms. The standard InChI is InChI=1S/C16H15BrN6/c17-11-5-4-8-13(9-11)21-15-14(18)16(20-10-19-15)23-22-12-6-2-1-3-7-12/h1-10,22H,18H2,(H2,19,20,21,23). The van der Waals surface area contributed by atoms with Crippen molar-refractivity contribution in [1.82, 2.24) is 9.97 Å². The molecule has 0 aliphatic rings. The number of nitrogen functional groups attached to an aromatic ring is 1. The van der Waals surface area contributed by atoms with Gasteiger partial charge in [0.1, 0.15) is 12.0 Å². The monoisotopic (exact) mass is 370 g/mol. The van der Waals surface area contributed by atoms with Gasteiger partial charge in [0.25, 0.3) is 0 Å². The summed E-state index contributed by atoms with van der Waals surface area (Å²) in [5.41, 5.74) is 14.4. The van der Waals surface area contributed by atoms with Crippen LogP contribution in [0.2, 0.25) is 0 Å². The fourth-order valence-corrected chi connectivity index (χ4v) is 2.35. The van der Waals surface area contributed by atoms with Crippen molar-refractivity contribution >= 4 is 44.6 Å². The molecule has 1 aromatic heterocycles. The summed E-state index contributed by atoms with van der Waals surface area (Å²) in [6.45, 7) is 0. The van der Waals surface area contributed by atoms with Crippen LogP contribution in [0, 0.1) is 0 Å². The first-order valence-electron chi connectivity index (χ1n) is 6.92. The Labute approximate surface area is 142 Å². The molecule has 116 valence electrons. The number of nitrogens with zero attached hydrogens (tertiary/aromatic N) is 2. The van der Waals surface area contributed by atoms with Crippen molar-refractivity contribution in [1.29, 1.82) is 0 Å². The van der Waals surface area contributed by atoms with E-state index >= 15 is 0 Å². The Bertz CT molecular complexity index is 794. The average molecular weight is 371 g/mol.